The van der Waals surface area contributed by atoms with Crippen molar-refractivity contribution in [3.05, 3.63) is 45.9 Å². The molecule has 1 aromatic heterocycles. The lowest BCUT2D eigenvalue weighted by Crippen LogP contribution is -2.20. The van der Waals surface area contributed by atoms with Crippen molar-refractivity contribution in [1.82, 2.24) is 4.98 Å². The molecule has 0 unspecified atom stereocenters. The number of aromatic nitrogens is 1. The number of nitrogens with zero attached hydrogens (tertiary/aromatic N) is 2. The van der Waals surface area contributed by atoms with Crippen molar-refractivity contribution in [2.75, 3.05) is 12.4 Å². The predicted molar refractivity (Wildman–Crippen MR) is 92.9 cm³/mol. The summed E-state index contributed by atoms with van der Waals surface area (Å²) >= 11 is 2.37. The van der Waals surface area contributed by atoms with Gasteiger partial charge in [-0.1, -0.05) is 0 Å². The molecule has 9 heteroatoms. The van der Waals surface area contributed by atoms with Gasteiger partial charge in [-0.2, -0.15) is 5.26 Å². The molecule has 1 aromatic carbocycles. The van der Waals surface area contributed by atoms with E-state index in [1.807, 2.05) is 6.07 Å². The number of halogens is 2. The molecule has 0 amide bonds. The maximum atomic E-state index is 13.1. The minimum atomic E-state index is -1.06. The molecule has 0 aliphatic heterocycles. The van der Waals surface area contributed by atoms with Gasteiger partial charge in [0.15, 0.2) is 29.9 Å². The van der Waals surface area contributed by atoms with Crippen LogP contribution in [0.5, 0.6) is 0 Å². The van der Waals surface area contributed by atoms with Gasteiger partial charge in [0.25, 0.3) is 0 Å². The lowest BCUT2D eigenvalue weighted by Gasteiger charge is -2.07. The van der Waals surface area contributed by atoms with E-state index in [4.69, 9.17) is 10.00 Å². The van der Waals surface area contributed by atoms with Crippen molar-refractivity contribution >= 4 is 34.9 Å². The van der Waals surface area contributed by atoms with Crippen LogP contribution < -0.4 is 0 Å². The van der Waals surface area contributed by atoms with Crippen LogP contribution in [0.15, 0.2) is 28.5 Å². The number of nitriles is 1. The molecule has 1 heterocycles. The van der Waals surface area contributed by atoms with Gasteiger partial charge in [0.1, 0.15) is 5.01 Å². The average Bonchev–Trinajstić information content (AvgIpc) is 3.03. The molecule has 1 atom stereocenters. The van der Waals surface area contributed by atoms with E-state index >= 15 is 0 Å². The number of ketones is 1. The third kappa shape index (κ3) is 5.61. The Kier molecular flexibility index (Phi) is 7.24. The molecule has 0 aliphatic carbocycles. The normalized spacial score (nSPS) is 11.6. The number of aryl methyl sites for hydroxylation is 1. The summed E-state index contributed by atoms with van der Waals surface area (Å²) in [6, 6.07) is 5.33. The first-order valence-corrected chi connectivity index (χ1v) is 9.35. The maximum absolute atomic E-state index is 13.1. The van der Waals surface area contributed by atoms with Crippen LogP contribution in [-0.2, 0) is 14.3 Å². The zero-order valence-corrected chi connectivity index (χ0v) is 15.3. The highest BCUT2D eigenvalue weighted by Crippen LogP contribution is 2.22. The summed E-state index contributed by atoms with van der Waals surface area (Å²) in [4.78, 5) is 28.3. The van der Waals surface area contributed by atoms with Crippen molar-refractivity contribution < 1.29 is 23.1 Å². The van der Waals surface area contributed by atoms with Crippen molar-refractivity contribution in [2.45, 2.75) is 24.2 Å². The minimum absolute atomic E-state index is 0.00940. The summed E-state index contributed by atoms with van der Waals surface area (Å²) in [7, 11) is 0. The van der Waals surface area contributed by atoms with Gasteiger partial charge in [0, 0.05) is 21.7 Å². The summed E-state index contributed by atoms with van der Waals surface area (Å²) in [6.45, 7) is 1.25. The Labute approximate surface area is 157 Å². The Morgan fingerprint density at radius 2 is 2.15 bits per heavy atom. The van der Waals surface area contributed by atoms with Crippen LogP contribution >= 0.6 is 23.1 Å². The number of ether oxygens (including phenoxy) is 1. The molecular weight excluding hydrogens is 382 g/mol. The highest BCUT2D eigenvalue weighted by atomic mass is 32.2. The van der Waals surface area contributed by atoms with E-state index in [0.717, 1.165) is 23.9 Å². The Morgan fingerprint density at radius 3 is 2.77 bits per heavy atom. The number of hydrogen-bond acceptors (Lipinski definition) is 7. The van der Waals surface area contributed by atoms with Crippen molar-refractivity contribution in [3.63, 3.8) is 0 Å². The zero-order valence-electron chi connectivity index (χ0n) is 13.7. The van der Waals surface area contributed by atoms with E-state index in [-0.39, 0.29) is 12.2 Å². The van der Waals surface area contributed by atoms with Gasteiger partial charge in [-0.25, -0.2) is 13.8 Å². The van der Waals surface area contributed by atoms with Crippen molar-refractivity contribution in [3.8, 4) is 6.07 Å². The van der Waals surface area contributed by atoms with Crippen molar-refractivity contribution in [1.29, 1.82) is 5.26 Å². The van der Waals surface area contributed by atoms with Gasteiger partial charge in [-0.15, -0.1) is 23.1 Å². The SMILES string of the molecule is Cc1csc([C@H](C#N)C(=O)COC(=O)CCSc2ccc(F)c(F)c2)n1. The predicted octanol–water partition coefficient (Wildman–Crippen LogP) is 3.63. The number of carbonyl (C=O) groups is 2. The molecular formula is C17H14F2N2O3S2. The van der Waals surface area contributed by atoms with Crippen LogP contribution in [0.25, 0.3) is 0 Å². The van der Waals surface area contributed by atoms with Gasteiger partial charge in [-0.05, 0) is 25.1 Å². The summed E-state index contributed by atoms with van der Waals surface area (Å²) in [5.74, 6) is -3.81. The lowest BCUT2D eigenvalue weighted by atomic mass is 10.1. The molecule has 2 rings (SSSR count). The monoisotopic (exact) mass is 396 g/mol. The van der Waals surface area contributed by atoms with Crippen LogP contribution in [0, 0.1) is 29.9 Å². The summed E-state index contributed by atoms with van der Waals surface area (Å²) in [6.07, 6.45) is -0.00940. The smallest absolute Gasteiger partial charge is 0.307 e. The van der Waals surface area contributed by atoms with Crippen LogP contribution in [-0.4, -0.2) is 29.1 Å². The van der Waals surface area contributed by atoms with Crippen molar-refractivity contribution in [2.24, 2.45) is 0 Å². The molecule has 0 saturated carbocycles. The number of hydrogen-bond donors (Lipinski definition) is 0. The van der Waals surface area contributed by atoms with Crippen LogP contribution in [0.1, 0.15) is 23.0 Å². The first-order chi connectivity index (χ1) is 12.4. The second kappa shape index (κ2) is 9.40. The standard InChI is InChI=1S/C17H14F2N2O3S2/c1-10-9-26-17(21-10)12(7-20)15(22)8-24-16(23)4-5-25-11-2-3-13(18)14(19)6-11/h2-3,6,9,12H,4-5,8H2,1H3/t12-/m1/s1. The van der Waals surface area contributed by atoms with Gasteiger partial charge < -0.3 is 4.74 Å². The van der Waals surface area contributed by atoms with E-state index in [0.29, 0.717) is 15.6 Å². The average molecular weight is 396 g/mol. The maximum Gasteiger partial charge on any atom is 0.307 e. The fourth-order valence-electron chi connectivity index (χ4n) is 1.90. The summed E-state index contributed by atoms with van der Waals surface area (Å²) < 4.78 is 30.8. The number of carbonyl (C=O) groups excluding carboxylic acids is 2. The van der Waals surface area contributed by atoms with E-state index in [1.165, 1.54) is 17.4 Å². The molecule has 0 N–H and O–H groups in total. The van der Waals surface area contributed by atoms with Gasteiger partial charge >= 0.3 is 5.97 Å². The van der Waals surface area contributed by atoms with E-state index in [1.54, 1.807) is 12.3 Å². The highest BCUT2D eigenvalue weighted by Gasteiger charge is 2.24. The topological polar surface area (TPSA) is 80.0 Å². The number of Topliss-reactive ketones (excluding diaryl/α,β-unsaturated/α-hetero) is 1. The highest BCUT2D eigenvalue weighted by molar-refractivity contribution is 7.99. The van der Waals surface area contributed by atoms with Crippen LogP contribution in [0.2, 0.25) is 0 Å². The van der Waals surface area contributed by atoms with Gasteiger partial charge in [0.2, 0.25) is 0 Å². The number of esters is 1. The summed E-state index contributed by atoms with van der Waals surface area (Å²) in [5.41, 5.74) is 0.712. The molecule has 0 spiro atoms. The molecule has 0 radical (unpaired) electrons. The van der Waals surface area contributed by atoms with E-state index in [9.17, 15) is 18.4 Å². The fourth-order valence-corrected chi connectivity index (χ4v) is 3.61. The Balaban J connectivity index is 1.76. The second-order valence-corrected chi connectivity index (χ2v) is 7.25. The Morgan fingerprint density at radius 1 is 1.38 bits per heavy atom. The lowest BCUT2D eigenvalue weighted by molar-refractivity contribution is -0.147. The van der Waals surface area contributed by atoms with Crippen LogP contribution in [0.3, 0.4) is 0 Å². The first kappa shape index (κ1) is 20.0. The molecule has 5 nitrogen and oxygen atoms in total. The van der Waals surface area contributed by atoms with Crippen LogP contribution in [0.4, 0.5) is 8.78 Å². The second-order valence-electron chi connectivity index (χ2n) is 5.19. The van der Waals surface area contributed by atoms with E-state index < -0.39 is 35.9 Å². The molecule has 136 valence electrons. The first-order valence-electron chi connectivity index (χ1n) is 7.48. The van der Waals surface area contributed by atoms with Gasteiger partial charge in [0.05, 0.1) is 12.5 Å². The summed E-state index contributed by atoms with van der Waals surface area (Å²) in [5, 5.41) is 11.2. The zero-order chi connectivity index (χ0) is 19.1. The number of benzene rings is 1. The Bertz CT molecular complexity index is 849. The number of thioether (sulfide) groups is 1. The molecule has 2 aromatic rings. The largest absolute Gasteiger partial charge is 0.458 e. The Hall–Kier alpha value is -2.31. The molecule has 0 bridgehead atoms. The molecule has 0 saturated heterocycles. The molecule has 0 fully saturated rings. The third-order valence-corrected chi connectivity index (χ3v) is 5.20. The van der Waals surface area contributed by atoms with Gasteiger partial charge in [-0.3, -0.25) is 9.59 Å². The quantitative estimate of drug-likeness (QED) is 0.501. The number of rotatable bonds is 8. The minimum Gasteiger partial charge on any atom is -0.458 e. The molecule has 0 aliphatic rings. The van der Waals surface area contributed by atoms with E-state index in [2.05, 4.69) is 4.98 Å². The number of thiazole rings is 1. The molecule has 26 heavy (non-hydrogen) atoms. The fraction of sp³-hybridized carbons (Fsp3) is 0.294. The third-order valence-electron chi connectivity index (χ3n) is 3.18.